The minimum atomic E-state index is -0.183. The zero-order valence-electron chi connectivity index (χ0n) is 16.4. The molecule has 8 heteroatoms. The standard InChI is InChI=1S/C19H30FN5O.HI/c1-4-21-19(22-10-9-18(26)23-15(2)3)25-13-11-24(12-14-25)17-8-6-5-7-16(17)20;/h5-8,15H,4,9-14H2,1-3H3,(H,21,22)(H,23,26);1H. The molecule has 1 amide bonds. The Labute approximate surface area is 178 Å². The summed E-state index contributed by atoms with van der Waals surface area (Å²) in [5.41, 5.74) is 0.652. The number of aliphatic imine (C=N–C) groups is 1. The van der Waals surface area contributed by atoms with Crippen LogP contribution >= 0.6 is 24.0 Å². The fourth-order valence-corrected chi connectivity index (χ4v) is 2.95. The Balaban J connectivity index is 0.00000364. The zero-order chi connectivity index (χ0) is 18.9. The van der Waals surface area contributed by atoms with Gasteiger partial charge in [0.05, 0.1) is 12.2 Å². The van der Waals surface area contributed by atoms with E-state index in [0.717, 1.165) is 38.7 Å². The van der Waals surface area contributed by atoms with E-state index in [1.165, 1.54) is 6.07 Å². The zero-order valence-corrected chi connectivity index (χ0v) is 18.7. The lowest BCUT2D eigenvalue weighted by Crippen LogP contribution is -2.52. The van der Waals surface area contributed by atoms with Crippen molar-refractivity contribution in [2.45, 2.75) is 33.2 Å². The molecule has 0 aliphatic carbocycles. The van der Waals surface area contributed by atoms with E-state index in [2.05, 4.69) is 25.4 Å². The summed E-state index contributed by atoms with van der Waals surface area (Å²) in [4.78, 5) is 20.6. The van der Waals surface area contributed by atoms with Crippen molar-refractivity contribution >= 4 is 41.5 Å². The molecular weight excluding hydrogens is 460 g/mol. The SMILES string of the molecule is CCNC(=NCCC(=O)NC(C)C)N1CCN(c2ccccc2F)CC1.I. The molecule has 152 valence electrons. The van der Waals surface area contributed by atoms with Crippen molar-refractivity contribution in [3.8, 4) is 0 Å². The van der Waals surface area contributed by atoms with E-state index in [9.17, 15) is 9.18 Å². The molecule has 0 bridgehead atoms. The second kappa shape index (κ2) is 12.0. The predicted octanol–water partition coefficient (Wildman–Crippen LogP) is 2.45. The molecule has 27 heavy (non-hydrogen) atoms. The minimum absolute atomic E-state index is 0. The highest BCUT2D eigenvalue weighted by Gasteiger charge is 2.21. The van der Waals surface area contributed by atoms with Gasteiger partial charge in [0, 0.05) is 45.2 Å². The summed E-state index contributed by atoms with van der Waals surface area (Å²) in [5, 5.41) is 6.16. The number of guanidine groups is 1. The van der Waals surface area contributed by atoms with Crippen molar-refractivity contribution in [2.75, 3.05) is 44.2 Å². The molecule has 1 aliphatic heterocycles. The monoisotopic (exact) mass is 491 g/mol. The van der Waals surface area contributed by atoms with E-state index in [-0.39, 0.29) is 41.7 Å². The lowest BCUT2D eigenvalue weighted by molar-refractivity contribution is -0.121. The number of anilines is 1. The molecule has 0 saturated carbocycles. The van der Waals surface area contributed by atoms with Gasteiger partial charge >= 0.3 is 0 Å². The van der Waals surface area contributed by atoms with Crippen molar-refractivity contribution in [1.82, 2.24) is 15.5 Å². The van der Waals surface area contributed by atoms with Gasteiger partial charge in [-0.25, -0.2) is 4.39 Å². The van der Waals surface area contributed by atoms with Crippen molar-refractivity contribution in [3.63, 3.8) is 0 Å². The maximum absolute atomic E-state index is 14.0. The molecule has 1 aromatic rings. The number of carbonyl (C=O) groups is 1. The highest BCUT2D eigenvalue weighted by molar-refractivity contribution is 14.0. The molecule has 0 spiro atoms. The molecule has 0 aromatic heterocycles. The van der Waals surface area contributed by atoms with Gasteiger partial charge in [0.1, 0.15) is 5.82 Å². The first kappa shape index (κ1) is 23.5. The Morgan fingerprint density at radius 1 is 1.22 bits per heavy atom. The summed E-state index contributed by atoms with van der Waals surface area (Å²) in [6.45, 7) is 10.1. The number of amides is 1. The Morgan fingerprint density at radius 2 is 1.89 bits per heavy atom. The number of nitrogens with zero attached hydrogens (tertiary/aromatic N) is 3. The lowest BCUT2D eigenvalue weighted by atomic mass is 10.2. The van der Waals surface area contributed by atoms with Gasteiger partial charge in [0.2, 0.25) is 5.91 Å². The van der Waals surface area contributed by atoms with Crippen LogP contribution in [0.15, 0.2) is 29.3 Å². The van der Waals surface area contributed by atoms with Crippen LogP contribution in [-0.2, 0) is 4.79 Å². The Morgan fingerprint density at radius 3 is 2.48 bits per heavy atom. The normalized spacial score (nSPS) is 14.8. The van der Waals surface area contributed by atoms with Gasteiger partial charge in [0.25, 0.3) is 0 Å². The summed E-state index contributed by atoms with van der Waals surface area (Å²) in [5.74, 6) is 0.652. The maximum Gasteiger partial charge on any atom is 0.222 e. The molecule has 0 unspecified atom stereocenters. The predicted molar refractivity (Wildman–Crippen MR) is 119 cm³/mol. The third-order valence-electron chi connectivity index (χ3n) is 4.16. The van der Waals surface area contributed by atoms with Crippen molar-refractivity contribution in [1.29, 1.82) is 0 Å². The Kier molecular flexibility index (Phi) is 10.4. The van der Waals surface area contributed by atoms with Gasteiger partial charge in [0.15, 0.2) is 5.96 Å². The minimum Gasteiger partial charge on any atom is -0.366 e. The third kappa shape index (κ3) is 7.51. The van der Waals surface area contributed by atoms with Crippen LogP contribution in [0, 0.1) is 5.82 Å². The molecule has 1 aromatic carbocycles. The topological polar surface area (TPSA) is 60.0 Å². The highest BCUT2D eigenvalue weighted by atomic mass is 127. The number of rotatable bonds is 6. The van der Waals surface area contributed by atoms with Crippen LogP contribution in [0.3, 0.4) is 0 Å². The van der Waals surface area contributed by atoms with Crippen LogP contribution < -0.4 is 15.5 Å². The second-order valence-corrected chi connectivity index (χ2v) is 6.63. The van der Waals surface area contributed by atoms with Crippen molar-refractivity contribution in [3.05, 3.63) is 30.1 Å². The summed E-state index contributed by atoms with van der Waals surface area (Å²) in [7, 11) is 0. The first-order valence-corrected chi connectivity index (χ1v) is 9.33. The van der Waals surface area contributed by atoms with Gasteiger partial charge in [-0.15, -0.1) is 24.0 Å². The quantitative estimate of drug-likeness (QED) is 0.365. The van der Waals surface area contributed by atoms with Crippen LogP contribution in [0.1, 0.15) is 27.2 Å². The Bertz CT molecular complexity index is 618. The summed E-state index contributed by atoms with van der Waals surface area (Å²) < 4.78 is 14.0. The summed E-state index contributed by atoms with van der Waals surface area (Å²) in [6, 6.07) is 7.03. The van der Waals surface area contributed by atoms with E-state index < -0.39 is 0 Å². The first-order chi connectivity index (χ1) is 12.5. The number of nitrogens with one attached hydrogen (secondary N) is 2. The lowest BCUT2D eigenvalue weighted by Gasteiger charge is -2.37. The van der Waals surface area contributed by atoms with E-state index in [1.54, 1.807) is 6.07 Å². The van der Waals surface area contributed by atoms with Gasteiger partial charge in [-0.1, -0.05) is 12.1 Å². The van der Waals surface area contributed by atoms with Gasteiger partial charge in [-0.05, 0) is 32.9 Å². The summed E-state index contributed by atoms with van der Waals surface area (Å²) >= 11 is 0. The molecule has 1 heterocycles. The van der Waals surface area contributed by atoms with E-state index in [0.29, 0.717) is 18.7 Å². The molecule has 1 aliphatic rings. The van der Waals surface area contributed by atoms with Gasteiger partial charge in [-0.2, -0.15) is 0 Å². The van der Waals surface area contributed by atoms with Crippen LogP contribution in [-0.4, -0.2) is 62.1 Å². The smallest absolute Gasteiger partial charge is 0.222 e. The maximum atomic E-state index is 14.0. The molecule has 2 N–H and O–H groups in total. The molecule has 6 nitrogen and oxygen atoms in total. The largest absolute Gasteiger partial charge is 0.366 e. The average Bonchev–Trinajstić information content (AvgIpc) is 2.61. The molecule has 1 fully saturated rings. The van der Waals surface area contributed by atoms with E-state index in [1.807, 2.05) is 32.9 Å². The van der Waals surface area contributed by atoms with Crippen molar-refractivity contribution in [2.24, 2.45) is 4.99 Å². The van der Waals surface area contributed by atoms with E-state index in [4.69, 9.17) is 0 Å². The summed E-state index contributed by atoms with van der Waals surface area (Å²) in [6.07, 6.45) is 0.377. The molecule has 0 atom stereocenters. The second-order valence-electron chi connectivity index (χ2n) is 6.63. The van der Waals surface area contributed by atoms with E-state index >= 15 is 0 Å². The van der Waals surface area contributed by atoms with Crippen LogP contribution in [0.4, 0.5) is 10.1 Å². The number of carbonyl (C=O) groups excluding carboxylic acids is 1. The van der Waals surface area contributed by atoms with Gasteiger partial charge < -0.3 is 20.4 Å². The number of benzene rings is 1. The first-order valence-electron chi connectivity index (χ1n) is 9.33. The molecule has 1 saturated heterocycles. The Hall–Kier alpha value is -1.58. The molecule has 2 rings (SSSR count). The fourth-order valence-electron chi connectivity index (χ4n) is 2.95. The number of para-hydroxylation sites is 1. The highest BCUT2D eigenvalue weighted by Crippen LogP contribution is 2.20. The fraction of sp³-hybridized carbons (Fsp3) is 0.579. The number of halogens is 2. The van der Waals surface area contributed by atoms with Crippen LogP contribution in [0.5, 0.6) is 0 Å². The van der Waals surface area contributed by atoms with Crippen molar-refractivity contribution < 1.29 is 9.18 Å². The number of hydrogen-bond acceptors (Lipinski definition) is 3. The third-order valence-corrected chi connectivity index (χ3v) is 4.16. The average molecular weight is 491 g/mol. The molecule has 0 radical (unpaired) electrons. The number of hydrogen-bond donors (Lipinski definition) is 2. The number of piperazine rings is 1. The van der Waals surface area contributed by atoms with Gasteiger partial charge in [-0.3, -0.25) is 9.79 Å². The van der Waals surface area contributed by atoms with Crippen LogP contribution in [0.2, 0.25) is 0 Å². The van der Waals surface area contributed by atoms with Crippen LogP contribution in [0.25, 0.3) is 0 Å². The molecular formula is C19H31FIN5O.